The SMILES string of the molecule is CCCCCCNC(=O)CC(c1ccccc1)c1cc(C)c(O)c(C)c1. The van der Waals surface area contributed by atoms with Crippen molar-refractivity contribution in [3.05, 3.63) is 64.7 Å². The minimum atomic E-state index is -0.00941. The smallest absolute Gasteiger partial charge is 0.220 e. The van der Waals surface area contributed by atoms with Gasteiger partial charge in [0.2, 0.25) is 5.91 Å². The number of amides is 1. The fraction of sp³-hybridized carbons (Fsp3) is 0.435. The highest BCUT2D eigenvalue weighted by molar-refractivity contribution is 5.77. The average molecular weight is 354 g/mol. The number of aromatic hydroxyl groups is 1. The van der Waals surface area contributed by atoms with Gasteiger partial charge in [-0.1, -0.05) is 68.7 Å². The van der Waals surface area contributed by atoms with E-state index in [9.17, 15) is 9.90 Å². The van der Waals surface area contributed by atoms with Gasteiger partial charge in [0.15, 0.2) is 0 Å². The number of nitrogens with one attached hydrogen (secondary N) is 1. The molecule has 1 atom stereocenters. The molecule has 0 fully saturated rings. The molecule has 0 radical (unpaired) electrons. The van der Waals surface area contributed by atoms with Gasteiger partial charge in [-0.3, -0.25) is 4.79 Å². The number of carbonyl (C=O) groups excluding carboxylic acids is 1. The molecular formula is C23H31NO2. The molecular weight excluding hydrogens is 322 g/mol. The maximum atomic E-state index is 12.5. The van der Waals surface area contributed by atoms with Crippen molar-refractivity contribution in [2.24, 2.45) is 0 Å². The molecule has 2 aromatic carbocycles. The Kier molecular flexibility index (Phi) is 7.71. The van der Waals surface area contributed by atoms with E-state index in [1.54, 1.807) is 0 Å². The number of benzene rings is 2. The predicted molar refractivity (Wildman–Crippen MR) is 108 cm³/mol. The first-order valence-electron chi connectivity index (χ1n) is 9.64. The van der Waals surface area contributed by atoms with Crippen LogP contribution in [0.3, 0.4) is 0 Å². The Morgan fingerprint density at radius 1 is 1.00 bits per heavy atom. The van der Waals surface area contributed by atoms with Crippen molar-refractivity contribution < 1.29 is 9.90 Å². The van der Waals surface area contributed by atoms with Crippen LogP contribution in [0.4, 0.5) is 0 Å². The zero-order chi connectivity index (χ0) is 18.9. The Hall–Kier alpha value is -2.29. The minimum absolute atomic E-state index is 0.00941. The Morgan fingerprint density at radius 3 is 2.27 bits per heavy atom. The molecule has 1 amide bonds. The molecule has 0 bridgehead atoms. The Bertz CT molecular complexity index is 686. The van der Waals surface area contributed by atoms with Gasteiger partial charge in [-0.2, -0.15) is 0 Å². The molecule has 3 nitrogen and oxygen atoms in total. The Labute approximate surface area is 157 Å². The molecule has 0 aromatic heterocycles. The van der Waals surface area contributed by atoms with Crippen molar-refractivity contribution in [2.75, 3.05) is 6.54 Å². The average Bonchev–Trinajstić information content (AvgIpc) is 2.64. The van der Waals surface area contributed by atoms with E-state index < -0.39 is 0 Å². The minimum Gasteiger partial charge on any atom is -0.507 e. The summed E-state index contributed by atoms with van der Waals surface area (Å²) < 4.78 is 0. The second-order valence-corrected chi connectivity index (χ2v) is 7.08. The van der Waals surface area contributed by atoms with E-state index in [1.807, 2.05) is 44.2 Å². The first-order chi connectivity index (χ1) is 12.5. The monoisotopic (exact) mass is 353 g/mol. The fourth-order valence-corrected chi connectivity index (χ4v) is 3.34. The maximum absolute atomic E-state index is 12.5. The van der Waals surface area contributed by atoms with Crippen LogP contribution in [0, 0.1) is 13.8 Å². The van der Waals surface area contributed by atoms with Gasteiger partial charge in [0.25, 0.3) is 0 Å². The van der Waals surface area contributed by atoms with Crippen molar-refractivity contribution >= 4 is 5.91 Å². The van der Waals surface area contributed by atoms with Gasteiger partial charge in [0.05, 0.1) is 0 Å². The van der Waals surface area contributed by atoms with Crippen LogP contribution in [-0.2, 0) is 4.79 Å². The molecule has 0 aliphatic carbocycles. The highest BCUT2D eigenvalue weighted by Gasteiger charge is 2.19. The summed E-state index contributed by atoms with van der Waals surface area (Å²) in [7, 11) is 0. The summed E-state index contributed by atoms with van der Waals surface area (Å²) in [5.74, 6) is 0.407. The van der Waals surface area contributed by atoms with E-state index in [-0.39, 0.29) is 11.8 Å². The van der Waals surface area contributed by atoms with Crippen LogP contribution in [-0.4, -0.2) is 17.6 Å². The highest BCUT2D eigenvalue weighted by atomic mass is 16.3. The van der Waals surface area contributed by atoms with Crippen LogP contribution >= 0.6 is 0 Å². The third-order valence-corrected chi connectivity index (χ3v) is 4.86. The largest absolute Gasteiger partial charge is 0.507 e. The highest BCUT2D eigenvalue weighted by Crippen LogP contribution is 2.32. The normalized spacial score (nSPS) is 12.0. The molecule has 0 aliphatic rings. The number of rotatable bonds is 9. The molecule has 2 N–H and O–H groups in total. The van der Waals surface area contributed by atoms with Crippen LogP contribution in [0.5, 0.6) is 5.75 Å². The van der Waals surface area contributed by atoms with Crippen molar-refractivity contribution in [1.29, 1.82) is 0 Å². The molecule has 140 valence electrons. The lowest BCUT2D eigenvalue weighted by Crippen LogP contribution is -2.26. The van der Waals surface area contributed by atoms with E-state index in [1.165, 1.54) is 12.8 Å². The number of unbranched alkanes of at least 4 members (excludes halogenated alkanes) is 3. The van der Waals surface area contributed by atoms with E-state index in [2.05, 4.69) is 24.4 Å². The number of phenols is 1. The van der Waals surface area contributed by atoms with Gasteiger partial charge < -0.3 is 10.4 Å². The van der Waals surface area contributed by atoms with Gasteiger partial charge in [0.1, 0.15) is 5.75 Å². The Balaban J connectivity index is 2.14. The van der Waals surface area contributed by atoms with Gasteiger partial charge in [0, 0.05) is 18.9 Å². The molecule has 0 saturated heterocycles. The predicted octanol–water partition coefficient (Wildman–Crippen LogP) is 5.23. The summed E-state index contributed by atoms with van der Waals surface area (Å²) in [6.07, 6.45) is 5.03. The number of hydrogen-bond donors (Lipinski definition) is 2. The third kappa shape index (κ3) is 5.62. The van der Waals surface area contributed by atoms with Gasteiger partial charge in [-0.15, -0.1) is 0 Å². The molecule has 0 saturated carbocycles. The van der Waals surface area contributed by atoms with Gasteiger partial charge in [-0.25, -0.2) is 0 Å². The number of phenolic OH excluding ortho intramolecular Hbond substituents is 1. The summed E-state index contributed by atoms with van der Waals surface area (Å²) >= 11 is 0. The van der Waals surface area contributed by atoms with Crippen molar-refractivity contribution in [3.8, 4) is 5.75 Å². The molecule has 0 aliphatic heterocycles. The quantitative estimate of drug-likeness (QED) is 0.607. The van der Waals surface area contributed by atoms with Gasteiger partial charge in [-0.05, 0) is 42.5 Å². The first-order valence-corrected chi connectivity index (χ1v) is 9.64. The third-order valence-electron chi connectivity index (χ3n) is 4.86. The van der Waals surface area contributed by atoms with Crippen LogP contribution < -0.4 is 5.32 Å². The molecule has 2 aromatic rings. The molecule has 2 rings (SSSR count). The summed E-state index contributed by atoms with van der Waals surface area (Å²) in [5.41, 5.74) is 3.89. The molecule has 3 heteroatoms. The zero-order valence-electron chi connectivity index (χ0n) is 16.2. The van der Waals surface area contributed by atoms with Crippen molar-refractivity contribution in [2.45, 2.75) is 58.8 Å². The lowest BCUT2D eigenvalue weighted by molar-refractivity contribution is -0.121. The molecule has 26 heavy (non-hydrogen) atoms. The molecule has 1 unspecified atom stereocenters. The van der Waals surface area contributed by atoms with Gasteiger partial charge >= 0.3 is 0 Å². The topological polar surface area (TPSA) is 49.3 Å². The van der Waals surface area contributed by atoms with Crippen LogP contribution in [0.25, 0.3) is 0 Å². The van der Waals surface area contributed by atoms with Crippen LogP contribution in [0.2, 0.25) is 0 Å². The number of hydrogen-bond acceptors (Lipinski definition) is 2. The summed E-state index contributed by atoms with van der Waals surface area (Å²) in [4.78, 5) is 12.5. The lowest BCUT2D eigenvalue weighted by atomic mass is 9.86. The lowest BCUT2D eigenvalue weighted by Gasteiger charge is -2.20. The second-order valence-electron chi connectivity index (χ2n) is 7.08. The summed E-state index contributed by atoms with van der Waals surface area (Å²) in [6.45, 7) is 6.74. The van der Waals surface area contributed by atoms with E-state index >= 15 is 0 Å². The summed E-state index contributed by atoms with van der Waals surface area (Å²) in [6, 6.07) is 14.1. The first kappa shape index (κ1) is 20.0. The van der Waals surface area contributed by atoms with E-state index in [0.29, 0.717) is 12.2 Å². The molecule has 0 heterocycles. The fourth-order valence-electron chi connectivity index (χ4n) is 3.34. The number of carbonyl (C=O) groups is 1. The maximum Gasteiger partial charge on any atom is 0.220 e. The van der Waals surface area contributed by atoms with Crippen molar-refractivity contribution in [1.82, 2.24) is 5.32 Å². The summed E-state index contributed by atoms with van der Waals surface area (Å²) in [5, 5.41) is 13.1. The van der Waals surface area contributed by atoms with Crippen LogP contribution in [0.1, 0.15) is 67.2 Å². The molecule has 0 spiro atoms. The standard InChI is InChI=1S/C23H31NO2/c1-4-5-6-10-13-24-22(25)16-21(19-11-8-7-9-12-19)20-14-17(2)23(26)18(3)15-20/h7-9,11-12,14-15,21,26H,4-6,10,13,16H2,1-3H3,(H,24,25). The van der Waals surface area contributed by atoms with E-state index in [0.717, 1.165) is 41.6 Å². The van der Waals surface area contributed by atoms with Crippen LogP contribution in [0.15, 0.2) is 42.5 Å². The number of aryl methyl sites for hydroxylation is 2. The Morgan fingerprint density at radius 2 is 1.65 bits per heavy atom. The van der Waals surface area contributed by atoms with Crippen molar-refractivity contribution in [3.63, 3.8) is 0 Å². The second kappa shape index (κ2) is 10.0. The van der Waals surface area contributed by atoms with E-state index in [4.69, 9.17) is 0 Å². The zero-order valence-corrected chi connectivity index (χ0v) is 16.2.